The maximum Gasteiger partial charge on any atom is 0.151 e. The van der Waals surface area contributed by atoms with Gasteiger partial charge in [-0.15, -0.1) is 13.2 Å². The zero-order chi connectivity index (χ0) is 5.41. The molecule has 0 saturated heterocycles. The summed E-state index contributed by atoms with van der Waals surface area (Å²) in [7, 11) is 1.08. The van der Waals surface area contributed by atoms with Crippen LogP contribution in [-0.4, -0.2) is 12.0 Å². The van der Waals surface area contributed by atoms with Crippen molar-refractivity contribution in [2.24, 2.45) is 0 Å². The SMILES string of the molecule is C=C.COPO. The van der Waals surface area contributed by atoms with Gasteiger partial charge >= 0.3 is 0 Å². The second-order valence-electron chi connectivity index (χ2n) is 0.295. The van der Waals surface area contributed by atoms with Crippen LogP contribution < -0.4 is 0 Å². The molecule has 0 amide bonds. The molecule has 0 radical (unpaired) electrons. The summed E-state index contributed by atoms with van der Waals surface area (Å²) in [5, 5.41) is 0. The van der Waals surface area contributed by atoms with Gasteiger partial charge in [-0.05, 0) is 0 Å². The van der Waals surface area contributed by atoms with E-state index in [1.807, 2.05) is 0 Å². The third kappa shape index (κ3) is 32.9. The number of hydrogen-bond acceptors (Lipinski definition) is 2. The summed E-state index contributed by atoms with van der Waals surface area (Å²) in [5.41, 5.74) is 0. The van der Waals surface area contributed by atoms with Crippen molar-refractivity contribution in [3.63, 3.8) is 0 Å². The van der Waals surface area contributed by atoms with Gasteiger partial charge in [0.05, 0.1) is 0 Å². The monoisotopic (exact) mass is 108 g/mol. The van der Waals surface area contributed by atoms with Crippen LogP contribution in [0.25, 0.3) is 0 Å². The van der Waals surface area contributed by atoms with Gasteiger partial charge in [0.15, 0.2) is 9.03 Å². The highest BCUT2D eigenvalue weighted by atomic mass is 31.1. The lowest BCUT2D eigenvalue weighted by Crippen LogP contribution is -1.50. The Morgan fingerprint density at radius 1 is 1.67 bits per heavy atom. The average molecular weight is 108 g/mol. The molecule has 0 aliphatic rings. The molecular weight excluding hydrogens is 99.0 g/mol. The highest BCUT2D eigenvalue weighted by Gasteiger charge is 1.53. The Kier molecular flexibility index (Phi) is 30.6. The lowest BCUT2D eigenvalue weighted by atomic mass is 11.3. The molecule has 0 bridgehead atoms. The molecule has 0 aliphatic carbocycles. The molecule has 0 aromatic carbocycles. The first-order chi connectivity index (χ1) is 2.91. The van der Waals surface area contributed by atoms with Crippen LogP contribution >= 0.6 is 9.03 Å². The fourth-order valence-electron chi connectivity index (χ4n) is 0. The van der Waals surface area contributed by atoms with Crippen LogP contribution in [0.1, 0.15) is 0 Å². The van der Waals surface area contributed by atoms with Crippen LogP contribution in [0.4, 0.5) is 0 Å². The largest absolute Gasteiger partial charge is 0.352 e. The molecule has 0 heterocycles. The van der Waals surface area contributed by atoms with Crippen molar-refractivity contribution in [1.29, 1.82) is 0 Å². The predicted octanol–water partition coefficient (Wildman–Crippen LogP) is 0.936. The lowest BCUT2D eigenvalue weighted by molar-refractivity contribution is 0.413. The molecular formula is C3H9O2P. The predicted molar refractivity (Wildman–Crippen MR) is 28.8 cm³/mol. The zero-order valence-electron chi connectivity index (χ0n) is 3.77. The van der Waals surface area contributed by atoms with Gasteiger partial charge in [0.1, 0.15) is 0 Å². The fraction of sp³-hybridized carbons (Fsp3) is 0.333. The highest BCUT2D eigenvalue weighted by molar-refractivity contribution is 7.24. The lowest BCUT2D eigenvalue weighted by Gasteiger charge is -1.75. The molecule has 1 atom stereocenters. The van der Waals surface area contributed by atoms with Gasteiger partial charge < -0.3 is 9.42 Å². The van der Waals surface area contributed by atoms with Crippen molar-refractivity contribution in [3.05, 3.63) is 13.2 Å². The van der Waals surface area contributed by atoms with Crippen LogP contribution in [0, 0.1) is 0 Å². The normalized spacial score (nSPS) is 7.67. The van der Waals surface area contributed by atoms with Gasteiger partial charge in [-0.25, -0.2) is 0 Å². The van der Waals surface area contributed by atoms with Gasteiger partial charge in [-0.1, -0.05) is 0 Å². The molecule has 0 saturated carbocycles. The fourth-order valence-corrected chi connectivity index (χ4v) is 0. The summed E-state index contributed by atoms with van der Waals surface area (Å²) in [5.74, 6) is 0. The maximum absolute atomic E-state index is 7.68. The molecule has 1 N–H and O–H groups in total. The minimum absolute atomic E-state index is 0.360. The minimum atomic E-state index is -0.360. The van der Waals surface area contributed by atoms with Crippen molar-refractivity contribution in [1.82, 2.24) is 0 Å². The van der Waals surface area contributed by atoms with E-state index in [2.05, 4.69) is 17.7 Å². The van der Waals surface area contributed by atoms with E-state index in [0.29, 0.717) is 0 Å². The van der Waals surface area contributed by atoms with Gasteiger partial charge in [0.2, 0.25) is 0 Å². The van der Waals surface area contributed by atoms with E-state index in [0.717, 1.165) is 0 Å². The minimum Gasteiger partial charge on any atom is -0.352 e. The van der Waals surface area contributed by atoms with E-state index < -0.39 is 0 Å². The van der Waals surface area contributed by atoms with Gasteiger partial charge in [0.25, 0.3) is 0 Å². The van der Waals surface area contributed by atoms with E-state index in [-0.39, 0.29) is 9.03 Å². The molecule has 38 valence electrons. The Hall–Kier alpha value is 0.0900. The molecule has 1 unspecified atom stereocenters. The Bertz CT molecular complexity index is 16.3. The summed E-state index contributed by atoms with van der Waals surface area (Å²) in [4.78, 5) is 7.68. The molecule has 0 aliphatic heterocycles. The van der Waals surface area contributed by atoms with Gasteiger partial charge in [-0.2, -0.15) is 0 Å². The topological polar surface area (TPSA) is 29.5 Å². The van der Waals surface area contributed by atoms with Crippen LogP contribution in [0.2, 0.25) is 0 Å². The first-order valence-corrected chi connectivity index (χ1v) is 2.19. The van der Waals surface area contributed by atoms with Crippen LogP contribution in [0.5, 0.6) is 0 Å². The first kappa shape index (κ1) is 9.43. The molecule has 2 nitrogen and oxygen atoms in total. The molecule has 0 aromatic rings. The zero-order valence-corrected chi connectivity index (χ0v) is 4.77. The van der Waals surface area contributed by atoms with Crippen LogP contribution in [0.15, 0.2) is 13.2 Å². The van der Waals surface area contributed by atoms with Crippen LogP contribution in [-0.2, 0) is 4.52 Å². The third-order valence-corrected chi connectivity index (χ3v) is 0.274. The van der Waals surface area contributed by atoms with Crippen molar-refractivity contribution < 1.29 is 9.42 Å². The summed E-state index contributed by atoms with van der Waals surface area (Å²) in [6, 6.07) is 0. The van der Waals surface area contributed by atoms with E-state index >= 15 is 0 Å². The van der Waals surface area contributed by atoms with Crippen molar-refractivity contribution in [2.75, 3.05) is 7.11 Å². The number of hydrogen-bond donors (Lipinski definition) is 1. The maximum atomic E-state index is 7.68. The molecule has 0 rings (SSSR count). The summed E-state index contributed by atoms with van der Waals surface area (Å²) in [6.45, 7) is 6.00. The highest BCUT2D eigenvalue weighted by Crippen LogP contribution is 1.95. The van der Waals surface area contributed by atoms with E-state index in [4.69, 9.17) is 4.89 Å². The van der Waals surface area contributed by atoms with E-state index in [1.54, 1.807) is 0 Å². The Balaban J connectivity index is 0. The van der Waals surface area contributed by atoms with Crippen molar-refractivity contribution in [3.8, 4) is 0 Å². The Morgan fingerprint density at radius 2 is 1.83 bits per heavy atom. The second kappa shape index (κ2) is 19.5. The first-order valence-electron chi connectivity index (χ1n) is 1.34. The van der Waals surface area contributed by atoms with Gasteiger partial charge in [0, 0.05) is 7.11 Å². The van der Waals surface area contributed by atoms with Gasteiger partial charge in [-0.3, -0.25) is 0 Å². The molecule has 0 aromatic heterocycles. The molecule has 0 spiro atoms. The quantitative estimate of drug-likeness (QED) is 0.400. The average Bonchev–Trinajstić information content (AvgIpc) is 1.72. The number of rotatable bonds is 1. The summed E-state index contributed by atoms with van der Waals surface area (Å²) >= 11 is 0. The molecule has 3 heteroatoms. The van der Waals surface area contributed by atoms with Crippen molar-refractivity contribution >= 4 is 9.03 Å². The summed E-state index contributed by atoms with van der Waals surface area (Å²) < 4.78 is 4.12. The summed E-state index contributed by atoms with van der Waals surface area (Å²) in [6.07, 6.45) is 0. The van der Waals surface area contributed by atoms with E-state index in [1.165, 1.54) is 7.11 Å². The molecule has 0 fully saturated rings. The van der Waals surface area contributed by atoms with E-state index in [9.17, 15) is 0 Å². The Morgan fingerprint density at radius 3 is 1.83 bits per heavy atom. The third-order valence-electron chi connectivity index (χ3n) is 0.0913. The van der Waals surface area contributed by atoms with Crippen LogP contribution in [0.3, 0.4) is 0 Å². The smallest absolute Gasteiger partial charge is 0.151 e. The molecule has 6 heavy (non-hydrogen) atoms. The standard InChI is InChI=1S/C2H4.CH5O2P/c1-2;1-3-4-2/h1-2H2;2,4H,1H3. The Labute approximate surface area is 39.8 Å². The van der Waals surface area contributed by atoms with Crippen molar-refractivity contribution in [2.45, 2.75) is 0 Å². The second-order valence-corrected chi connectivity index (χ2v) is 0.886.